The predicted octanol–water partition coefficient (Wildman–Crippen LogP) is 5.70. The highest BCUT2D eigenvalue weighted by Gasteiger charge is 2.35. The molecule has 0 amide bonds. The van der Waals surface area contributed by atoms with E-state index in [4.69, 9.17) is 5.26 Å². The summed E-state index contributed by atoms with van der Waals surface area (Å²) < 4.78 is 39.4. The Hall–Kier alpha value is -1.48. The first-order chi connectivity index (χ1) is 9.45. The number of hydrogen-bond donors (Lipinski definition) is 1. The molecule has 0 atom stereocenters. The maximum absolute atomic E-state index is 13.1. The number of alkyl halides is 3. The Bertz CT molecular complexity index is 607. The lowest BCUT2D eigenvalue weighted by molar-refractivity contribution is -0.137. The summed E-state index contributed by atoms with van der Waals surface area (Å²) in [5.41, 5.74) is -1.75. The van der Waals surface area contributed by atoms with Crippen molar-refractivity contribution in [2.45, 2.75) is 33.4 Å². The molecule has 0 aliphatic heterocycles. The van der Waals surface area contributed by atoms with Crippen molar-refractivity contribution in [2.75, 3.05) is 0 Å². The van der Waals surface area contributed by atoms with E-state index in [0.29, 0.717) is 0 Å². The fourth-order valence-corrected chi connectivity index (χ4v) is 2.19. The highest BCUT2D eigenvalue weighted by molar-refractivity contribution is 9.10. The monoisotopic (exact) mass is 361 g/mol. The first-order valence-electron chi connectivity index (χ1n) is 6.15. The first-order valence-corrected chi connectivity index (χ1v) is 6.94. The number of rotatable bonds is 2. The van der Waals surface area contributed by atoms with Crippen LogP contribution in [0.25, 0.3) is 5.76 Å². The largest absolute Gasteiger partial charge is 0.506 e. The number of allylic oxidation sites excluding steroid dienone is 1. The first kappa shape index (κ1) is 17.6. The van der Waals surface area contributed by atoms with E-state index in [1.165, 1.54) is 6.07 Å². The Morgan fingerprint density at radius 2 is 1.86 bits per heavy atom. The molecule has 0 saturated carbocycles. The second-order valence-corrected chi connectivity index (χ2v) is 6.78. The Labute approximate surface area is 130 Å². The average Bonchev–Trinajstić information content (AvgIpc) is 2.33. The molecule has 1 aromatic carbocycles. The van der Waals surface area contributed by atoms with Gasteiger partial charge in [-0.2, -0.15) is 18.4 Å². The zero-order valence-electron chi connectivity index (χ0n) is 11.8. The van der Waals surface area contributed by atoms with Gasteiger partial charge in [0.1, 0.15) is 5.76 Å². The SMILES string of the molecule is CC(C)(C)CC(C#N)=C(O)c1ccc(Br)cc1C(F)(F)F. The second-order valence-electron chi connectivity index (χ2n) is 5.86. The fraction of sp³-hybridized carbons (Fsp3) is 0.400. The molecular formula is C15H15BrF3NO. The van der Waals surface area contributed by atoms with Gasteiger partial charge in [-0.3, -0.25) is 0 Å². The third kappa shape index (κ3) is 4.78. The molecule has 0 spiro atoms. The van der Waals surface area contributed by atoms with E-state index in [2.05, 4.69) is 15.9 Å². The summed E-state index contributed by atoms with van der Waals surface area (Å²) in [5, 5.41) is 19.2. The normalized spacial score (nSPS) is 13.6. The van der Waals surface area contributed by atoms with E-state index in [-0.39, 0.29) is 27.4 Å². The van der Waals surface area contributed by atoms with Gasteiger partial charge in [0, 0.05) is 10.0 Å². The minimum absolute atomic E-state index is 0.0599. The van der Waals surface area contributed by atoms with Crippen LogP contribution in [0.1, 0.15) is 38.3 Å². The van der Waals surface area contributed by atoms with Crippen molar-refractivity contribution in [1.82, 2.24) is 0 Å². The predicted molar refractivity (Wildman–Crippen MR) is 78.4 cm³/mol. The summed E-state index contributed by atoms with van der Waals surface area (Å²) in [7, 11) is 0. The molecule has 21 heavy (non-hydrogen) atoms. The van der Waals surface area contributed by atoms with Gasteiger partial charge in [-0.05, 0) is 30.0 Å². The van der Waals surface area contributed by atoms with Gasteiger partial charge in [0.25, 0.3) is 0 Å². The van der Waals surface area contributed by atoms with Crippen molar-refractivity contribution in [3.8, 4) is 6.07 Å². The molecule has 0 heterocycles. The van der Waals surface area contributed by atoms with E-state index in [9.17, 15) is 18.3 Å². The molecule has 0 saturated heterocycles. The van der Waals surface area contributed by atoms with Crippen molar-refractivity contribution in [3.63, 3.8) is 0 Å². The minimum Gasteiger partial charge on any atom is -0.506 e. The second kappa shape index (κ2) is 6.10. The maximum atomic E-state index is 13.1. The van der Waals surface area contributed by atoms with E-state index in [0.717, 1.165) is 12.1 Å². The quantitative estimate of drug-likeness (QED) is 0.542. The Balaban J connectivity index is 3.48. The van der Waals surface area contributed by atoms with Crippen LogP contribution < -0.4 is 0 Å². The number of nitrogens with zero attached hydrogens (tertiary/aromatic N) is 1. The van der Waals surface area contributed by atoms with Crippen LogP contribution >= 0.6 is 15.9 Å². The summed E-state index contributed by atoms with van der Waals surface area (Å²) >= 11 is 2.98. The lowest BCUT2D eigenvalue weighted by atomic mass is 9.86. The van der Waals surface area contributed by atoms with Gasteiger partial charge < -0.3 is 5.11 Å². The van der Waals surface area contributed by atoms with Crippen LogP contribution in [0.15, 0.2) is 28.2 Å². The number of halogens is 4. The molecule has 0 unspecified atom stereocenters. The third-order valence-electron chi connectivity index (χ3n) is 2.67. The van der Waals surface area contributed by atoms with Gasteiger partial charge in [0.15, 0.2) is 0 Å². The van der Waals surface area contributed by atoms with Crippen LogP contribution in [0.5, 0.6) is 0 Å². The number of nitriles is 1. The van der Waals surface area contributed by atoms with Crippen LogP contribution in [0.2, 0.25) is 0 Å². The van der Waals surface area contributed by atoms with E-state index in [1.54, 1.807) is 6.07 Å². The topological polar surface area (TPSA) is 44.0 Å². The summed E-state index contributed by atoms with van der Waals surface area (Å²) in [6.45, 7) is 5.51. The van der Waals surface area contributed by atoms with Crippen LogP contribution in [0, 0.1) is 16.7 Å². The molecule has 0 aromatic heterocycles. The summed E-state index contributed by atoms with van der Waals surface area (Å²) in [4.78, 5) is 0. The molecule has 1 aromatic rings. The molecule has 0 aliphatic carbocycles. The highest BCUT2D eigenvalue weighted by atomic mass is 79.9. The van der Waals surface area contributed by atoms with Crippen LogP contribution in [0.3, 0.4) is 0 Å². The molecule has 0 fully saturated rings. The zero-order valence-corrected chi connectivity index (χ0v) is 13.4. The van der Waals surface area contributed by atoms with E-state index < -0.39 is 17.5 Å². The van der Waals surface area contributed by atoms with Gasteiger partial charge in [-0.15, -0.1) is 0 Å². The van der Waals surface area contributed by atoms with Gasteiger partial charge >= 0.3 is 6.18 Å². The van der Waals surface area contributed by atoms with Crippen LogP contribution in [-0.2, 0) is 6.18 Å². The number of aliphatic hydroxyl groups is 1. The van der Waals surface area contributed by atoms with Crippen molar-refractivity contribution < 1.29 is 18.3 Å². The fourth-order valence-electron chi connectivity index (χ4n) is 1.83. The van der Waals surface area contributed by atoms with E-state index >= 15 is 0 Å². The molecule has 6 heteroatoms. The molecule has 0 bridgehead atoms. The third-order valence-corrected chi connectivity index (χ3v) is 3.16. The number of hydrogen-bond acceptors (Lipinski definition) is 2. The summed E-state index contributed by atoms with van der Waals surface area (Å²) in [6.07, 6.45) is -4.43. The van der Waals surface area contributed by atoms with Crippen molar-refractivity contribution >= 4 is 21.7 Å². The lowest BCUT2D eigenvalue weighted by Crippen LogP contribution is -2.11. The molecule has 1 N–H and O–H groups in total. The number of benzene rings is 1. The van der Waals surface area contributed by atoms with Crippen molar-refractivity contribution in [1.29, 1.82) is 5.26 Å². The Kier molecular flexibility index (Phi) is 5.11. The van der Waals surface area contributed by atoms with Crippen LogP contribution in [0.4, 0.5) is 13.2 Å². The Morgan fingerprint density at radius 3 is 2.29 bits per heavy atom. The van der Waals surface area contributed by atoms with Gasteiger partial charge in [-0.1, -0.05) is 36.7 Å². The molecule has 1 rings (SSSR count). The molecule has 0 aliphatic rings. The van der Waals surface area contributed by atoms with Crippen LogP contribution in [-0.4, -0.2) is 5.11 Å². The van der Waals surface area contributed by atoms with Gasteiger partial charge in [-0.25, -0.2) is 0 Å². The molecule has 2 nitrogen and oxygen atoms in total. The number of aliphatic hydroxyl groups excluding tert-OH is 1. The summed E-state index contributed by atoms with van der Waals surface area (Å²) in [6, 6.07) is 5.24. The standard InChI is InChI=1S/C15H15BrF3NO/c1-14(2,3)7-9(8-20)13(21)11-5-4-10(16)6-12(11)15(17,18)19/h4-6,21H,7H2,1-3H3. The molecular weight excluding hydrogens is 347 g/mol. The van der Waals surface area contributed by atoms with Gasteiger partial charge in [0.05, 0.1) is 17.2 Å². The minimum atomic E-state index is -4.62. The lowest BCUT2D eigenvalue weighted by Gasteiger charge is -2.19. The van der Waals surface area contributed by atoms with Crippen molar-refractivity contribution in [3.05, 3.63) is 39.4 Å². The average molecular weight is 362 g/mol. The van der Waals surface area contributed by atoms with Gasteiger partial charge in [0.2, 0.25) is 0 Å². The molecule has 114 valence electrons. The maximum Gasteiger partial charge on any atom is 0.417 e. The summed E-state index contributed by atoms with van der Waals surface area (Å²) in [5.74, 6) is -0.618. The zero-order chi connectivity index (χ0) is 16.4. The van der Waals surface area contributed by atoms with Crippen molar-refractivity contribution in [2.24, 2.45) is 5.41 Å². The Morgan fingerprint density at radius 1 is 1.29 bits per heavy atom. The van der Waals surface area contributed by atoms with E-state index in [1.807, 2.05) is 20.8 Å². The smallest absolute Gasteiger partial charge is 0.417 e. The molecule has 0 radical (unpaired) electrons. The highest BCUT2D eigenvalue weighted by Crippen LogP contribution is 2.38.